The van der Waals surface area contributed by atoms with Crippen LogP contribution >= 0.6 is 0 Å². The van der Waals surface area contributed by atoms with Gasteiger partial charge in [-0.1, -0.05) is 0 Å². The molecule has 9 nitrogen and oxygen atoms in total. The predicted octanol–water partition coefficient (Wildman–Crippen LogP) is 2.28. The van der Waals surface area contributed by atoms with E-state index in [-0.39, 0.29) is 11.9 Å². The van der Waals surface area contributed by atoms with Crippen molar-refractivity contribution in [3.8, 4) is 0 Å². The van der Waals surface area contributed by atoms with Crippen LogP contribution in [0.15, 0.2) is 17.1 Å². The third-order valence-corrected chi connectivity index (χ3v) is 5.87. The number of carbonyl (C=O) groups excluding carboxylic acids is 1. The molecule has 0 aromatic carbocycles. The van der Waals surface area contributed by atoms with E-state index in [4.69, 9.17) is 4.42 Å². The smallest absolute Gasteiger partial charge is 0.289 e. The van der Waals surface area contributed by atoms with E-state index in [0.29, 0.717) is 35.1 Å². The molecule has 2 fully saturated rings. The summed E-state index contributed by atoms with van der Waals surface area (Å²) in [5.74, 6) is 1.58. The zero-order valence-electron chi connectivity index (χ0n) is 16.0. The molecule has 0 aliphatic carbocycles. The minimum absolute atomic E-state index is 0.114. The first-order valence-electron chi connectivity index (χ1n) is 9.77. The van der Waals surface area contributed by atoms with E-state index < -0.39 is 0 Å². The van der Waals surface area contributed by atoms with Crippen LogP contribution in [-0.2, 0) is 0 Å². The van der Waals surface area contributed by atoms with Crippen molar-refractivity contribution in [2.75, 3.05) is 4.90 Å². The maximum atomic E-state index is 12.7. The van der Waals surface area contributed by atoms with Crippen molar-refractivity contribution < 1.29 is 9.21 Å². The van der Waals surface area contributed by atoms with Gasteiger partial charge >= 0.3 is 0 Å². The molecule has 2 bridgehead atoms. The number of carbonyl (C=O) groups is 1. The summed E-state index contributed by atoms with van der Waals surface area (Å²) < 4.78 is 5.48. The van der Waals surface area contributed by atoms with Crippen LogP contribution in [-0.4, -0.2) is 49.0 Å². The van der Waals surface area contributed by atoms with Crippen LogP contribution in [0.2, 0.25) is 0 Å². The van der Waals surface area contributed by atoms with E-state index in [1.807, 2.05) is 0 Å². The molecule has 146 valence electrons. The third-order valence-electron chi connectivity index (χ3n) is 5.87. The molecule has 2 N–H and O–H groups in total. The Kier molecular flexibility index (Phi) is 4.03. The highest BCUT2D eigenvalue weighted by Crippen LogP contribution is 2.38. The number of fused-ring (bicyclic) bond motifs is 3. The largest absolute Gasteiger partial charge is 0.436 e. The van der Waals surface area contributed by atoms with Crippen molar-refractivity contribution in [1.82, 2.24) is 30.2 Å². The summed E-state index contributed by atoms with van der Waals surface area (Å²) in [4.78, 5) is 35.5. The molecular weight excluding hydrogens is 358 g/mol. The highest BCUT2D eigenvalue weighted by atomic mass is 16.4. The maximum Gasteiger partial charge on any atom is 0.289 e. The van der Waals surface area contributed by atoms with Crippen molar-refractivity contribution in [2.24, 2.45) is 0 Å². The summed E-state index contributed by atoms with van der Waals surface area (Å²) >= 11 is 0. The summed E-state index contributed by atoms with van der Waals surface area (Å²) in [5, 5.41) is 3.17. The van der Waals surface area contributed by atoms with Crippen LogP contribution in [0.25, 0.3) is 11.2 Å². The van der Waals surface area contributed by atoms with Gasteiger partial charge in [-0.3, -0.25) is 4.79 Å². The molecule has 2 aliphatic rings. The Morgan fingerprint density at radius 1 is 1.21 bits per heavy atom. The van der Waals surface area contributed by atoms with Crippen molar-refractivity contribution >= 4 is 22.9 Å². The predicted molar refractivity (Wildman–Crippen MR) is 102 cm³/mol. The molecule has 0 saturated carbocycles. The van der Waals surface area contributed by atoms with Gasteiger partial charge in [-0.15, -0.1) is 0 Å². The van der Waals surface area contributed by atoms with Gasteiger partial charge in [0.2, 0.25) is 5.76 Å². The summed E-state index contributed by atoms with van der Waals surface area (Å²) in [6.07, 6.45) is 8.38. The van der Waals surface area contributed by atoms with Crippen LogP contribution in [0, 0.1) is 13.8 Å². The third kappa shape index (κ3) is 2.81. The summed E-state index contributed by atoms with van der Waals surface area (Å²) in [5.41, 5.74) is 2.21. The number of hydrogen-bond donors (Lipinski definition) is 2. The molecule has 0 spiro atoms. The normalized spacial score (nSPS) is 24.5. The van der Waals surface area contributed by atoms with E-state index in [1.165, 1.54) is 6.42 Å². The van der Waals surface area contributed by atoms with E-state index in [9.17, 15) is 4.79 Å². The minimum atomic E-state index is -0.174. The van der Waals surface area contributed by atoms with E-state index >= 15 is 0 Å². The van der Waals surface area contributed by atoms with E-state index in [0.717, 1.165) is 37.0 Å². The second kappa shape index (κ2) is 6.57. The van der Waals surface area contributed by atoms with Crippen molar-refractivity contribution in [1.29, 1.82) is 0 Å². The van der Waals surface area contributed by atoms with Gasteiger partial charge < -0.3 is 19.6 Å². The Hall–Kier alpha value is -2.97. The fourth-order valence-electron chi connectivity index (χ4n) is 4.79. The molecular formula is C19H23N7O2. The molecule has 0 radical (unpaired) electrons. The molecule has 28 heavy (non-hydrogen) atoms. The highest BCUT2D eigenvalue weighted by Gasteiger charge is 2.40. The second-order valence-corrected chi connectivity index (χ2v) is 7.73. The lowest BCUT2D eigenvalue weighted by Crippen LogP contribution is -2.57. The number of imidazole rings is 1. The summed E-state index contributed by atoms with van der Waals surface area (Å²) in [6, 6.07) is 0.775. The number of nitrogens with one attached hydrogen (secondary N) is 2. The lowest BCUT2D eigenvalue weighted by molar-refractivity contribution is 0.0886. The summed E-state index contributed by atoms with van der Waals surface area (Å²) in [6.45, 7) is 3.55. The van der Waals surface area contributed by atoms with Crippen molar-refractivity contribution in [2.45, 2.75) is 64.1 Å². The number of nitrogens with zero attached hydrogens (tertiary/aromatic N) is 5. The first-order valence-corrected chi connectivity index (χ1v) is 9.77. The Bertz CT molecular complexity index is 1010. The Balaban J connectivity index is 1.38. The molecule has 3 aromatic rings. The van der Waals surface area contributed by atoms with Gasteiger partial charge in [-0.25, -0.2) is 19.9 Å². The number of H-pyrrole nitrogens is 1. The molecule has 3 atom stereocenters. The van der Waals surface area contributed by atoms with Gasteiger partial charge in [-0.05, 0) is 39.0 Å². The van der Waals surface area contributed by atoms with Gasteiger partial charge in [-0.2, -0.15) is 0 Å². The molecule has 5 rings (SSSR count). The molecule has 1 unspecified atom stereocenters. The highest BCUT2D eigenvalue weighted by molar-refractivity contribution is 5.92. The minimum Gasteiger partial charge on any atom is -0.436 e. The lowest BCUT2D eigenvalue weighted by Gasteiger charge is -2.49. The van der Waals surface area contributed by atoms with Crippen LogP contribution in [0.1, 0.15) is 54.2 Å². The SMILES string of the molecule is Cc1nc(C)c(C(=O)NC2C[C@H]3CCC[C@@H](C2)N3c2ncnc3nc[nH]c23)o1. The Morgan fingerprint density at radius 3 is 2.71 bits per heavy atom. The number of anilines is 1. The lowest BCUT2D eigenvalue weighted by atomic mass is 9.81. The van der Waals surface area contributed by atoms with Gasteiger partial charge in [0, 0.05) is 25.0 Å². The van der Waals surface area contributed by atoms with E-state index in [1.54, 1.807) is 26.5 Å². The number of oxazole rings is 1. The van der Waals surface area contributed by atoms with Crippen molar-refractivity contribution in [3.05, 3.63) is 30.0 Å². The average Bonchev–Trinajstić information content (AvgIpc) is 3.26. The number of amides is 1. The number of rotatable bonds is 3. The molecule has 2 aliphatic heterocycles. The number of hydrogen-bond acceptors (Lipinski definition) is 7. The van der Waals surface area contributed by atoms with Crippen LogP contribution in [0.3, 0.4) is 0 Å². The maximum absolute atomic E-state index is 12.7. The summed E-state index contributed by atoms with van der Waals surface area (Å²) in [7, 11) is 0. The van der Waals surface area contributed by atoms with Gasteiger partial charge in [0.1, 0.15) is 11.8 Å². The van der Waals surface area contributed by atoms with Gasteiger partial charge in [0.25, 0.3) is 5.91 Å². The van der Waals surface area contributed by atoms with Crippen LogP contribution in [0.4, 0.5) is 5.82 Å². The molecule has 9 heteroatoms. The fraction of sp³-hybridized carbons (Fsp3) is 0.526. The number of aryl methyl sites for hydroxylation is 2. The molecule has 5 heterocycles. The van der Waals surface area contributed by atoms with Crippen LogP contribution in [0.5, 0.6) is 0 Å². The second-order valence-electron chi connectivity index (χ2n) is 7.73. The monoisotopic (exact) mass is 381 g/mol. The molecule has 1 amide bonds. The first kappa shape index (κ1) is 17.2. The standard InChI is InChI=1S/C19H23N7O2/c1-10-16(28-11(2)24-10)19(27)25-12-6-13-4-3-5-14(7-12)26(13)18-15-17(21-8-20-15)22-9-23-18/h8-9,12-14H,3-7H2,1-2H3,(H,25,27)(H,20,21,22,23)/t12?,13-,14+. The van der Waals surface area contributed by atoms with E-state index in [2.05, 4.69) is 35.1 Å². The zero-order chi connectivity index (χ0) is 19.3. The average molecular weight is 381 g/mol. The van der Waals surface area contributed by atoms with Gasteiger partial charge in [0.05, 0.1) is 12.0 Å². The topological polar surface area (TPSA) is 113 Å². The number of piperidine rings is 2. The Morgan fingerprint density at radius 2 is 2.00 bits per heavy atom. The van der Waals surface area contributed by atoms with Crippen molar-refractivity contribution in [3.63, 3.8) is 0 Å². The number of aromatic nitrogens is 5. The fourth-order valence-corrected chi connectivity index (χ4v) is 4.79. The quantitative estimate of drug-likeness (QED) is 0.715. The first-order chi connectivity index (χ1) is 13.6. The van der Waals surface area contributed by atoms with Gasteiger partial charge in [0.15, 0.2) is 17.4 Å². The Labute approximate surface area is 162 Å². The molecule has 3 aromatic heterocycles. The van der Waals surface area contributed by atoms with Crippen LogP contribution < -0.4 is 10.2 Å². The zero-order valence-corrected chi connectivity index (χ0v) is 16.0. The number of aromatic amines is 1. The molecule has 2 saturated heterocycles.